The van der Waals surface area contributed by atoms with E-state index in [1.165, 1.54) is 11.1 Å². The van der Waals surface area contributed by atoms with Crippen LogP contribution in [0.5, 0.6) is 11.5 Å². The van der Waals surface area contributed by atoms with Crippen molar-refractivity contribution >= 4 is 21.5 Å². The molecule has 0 atom stereocenters. The van der Waals surface area contributed by atoms with Crippen LogP contribution in [0.1, 0.15) is 0 Å². The number of phenols is 1. The van der Waals surface area contributed by atoms with Gasteiger partial charge in [0.1, 0.15) is 11.5 Å². The van der Waals surface area contributed by atoms with Crippen LogP contribution in [0.25, 0.3) is 99.4 Å². The summed E-state index contributed by atoms with van der Waals surface area (Å²) in [5, 5.41) is 15.7. The highest BCUT2D eigenvalue weighted by Gasteiger charge is 2.20. The molecular formula is C58H42O3. The molecule has 10 aromatic rings. The van der Waals surface area contributed by atoms with Crippen molar-refractivity contribution in [2.75, 3.05) is 13.9 Å². The van der Waals surface area contributed by atoms with E-state index >= 15 is 0 Å². The fourth-order valence-electron chi connectivity index (χ4n) is 8.53. The Morgan fingerprint density at radius 1 is 0.328 bits per heavy atom. The molecule has 0 heterocycles. The van der Waals surface area contributed by atoms with Crippen LogP contribution >= 0.6 is 0 Å². The highest BCUT2D eigenvalue weighted by molar-refractivity contribution is 6.11. The number of phenolic OH excluding ortho intramolecular Hbond substituents is 1. The second-order valence-electron chi connectivity index (χ2n) is 15.4. The van der Waals surface area contributed by atoms with Gasteiger partial charge in [-0.1, -0.05) is 158 Å². The first kappa shape index (κ1) is 37.5. The van der Waals surface area contributed by atoms with Gasteiger partial charge >= 0.3 is 0 Å². The van der Waals surface area contributed by atoms with Crippen LogP contribution in [0, 0.1) is 0 Å². The molecule has 292 valence electrons. The lowest BCUT2D eigenvalue weighted by Crippen LogP contribution is -2.01. The largest absolute Gasteiger partial charge is 0.507 e. The first-order valence-corrected chi connectivity index (χ1v) is 20.6. The number of aromatic hydroxyl groups is 1. The fraction of sp³-hybridized carbons (Fsp3) is 0.0345. The van der Waals surface area contributed by atoms with E-state index < -0.39 is 0 Å². The normalized spacial score (nSPS) is 11.2. The molecule has 0 amide bonds. The van der Waals surface area contributed by atoms with Crippen molar-refractivity contribution in [2.45, 2.75) is 0 Å². The number of ether oxygens (including phenoxy) is 2. The molecule has 0 saturated heterocycles. The van der Waals surface area contributed by atoms with E-state index in [1.54, 1.807) is 13.2 Å². The molecule has 0 saturated carbocycles. The van der Waals surface area contributed by atoms with Gasteiger partial charge in [0.25, 0.3) is 0 Å². The minimum atomic E-state index is 0.0717. The van der Waals surface area contributed by atoms with E-state index in [9.17, 15) is 5.11 Å². The Morgan fingerprint density at radius 2 is 0.689 bits per heavy atom. The molecule has 10 aromatic carbocycles. The fourth-order valence-corrected chi connectivity index (χ4v) is 8.53. The first-order chi connectivity index (χ1) is 30.1. The molecule has 10 rings (SSSR count). The van der Waals surface area contributed by atoms with Crippen molar-refractivity contribution in [2.24, 2.45) is 0 Å². The molecule has 0 aliphatic rings. The Labute approximate surface area is 356 Å². The van der Waals surface area contributed by atoms with Crippen LogP contribution in [-0.2, 0) is 4.74 Å². The number of fused-ring (bicyclic) bond motifs is 2. The Balaban J connectivity index is 1.11. The second-order valence-corrected chi connectivity index (χ2v) is 15.4. The molecule has 0 bridgehead atoms. The van der Waals surface area contributed by atoms with Gasteiger partial charge in [0, 0.05) is 18.2 Å². The van der Waals surface area contributed by atoms with Gasteiger partial charge in [0.05, 0.1) is 0 Å². The van der Waals surface area contributed by atoms with Crippen LogP contribution in [0.3, 0.4) is 0 Å². The molecule has 61 heavy (non-hydrogen) atoms. The van der Waals surface area contributed by atoms with Gasteiger partial charge in [-0.15, -0.1) is 0 Å². The van der Waals surface area contributed by atoms with E-state index in [-0.39, 0.29) is 12.5 Å². The zero-order chi connectivity index (χ0) is 41.1. The van der Waals surface area contributed by atoms with E-state index in [0.717, 1.165) is 82.7 Å². The first-order valence-electron chi connectivity index (χ1n) is 20.6. The van der Waals surface area contributed by atoms with Crippen molar-refractivity contribution in [3.8, 4) is 89.4 Å². The monoisotopic (exact) mass is 786 g/mol. The summed E-state index contributed by atoms with van der Waals surface area (Å²) >= 11 is 0. The standard InChI is InChI=1S/C58H42O3/c1-60-38-61-56-29-25-46-31-44(52-36-49(41-18-10-4-11-19-41)33-50(37-52)42-20-12-5-13-21-42)23-27-54(46)58(56)57-53-26-22-43(30-45(53)24-28-55(57)59)51-34-47(39-14-6-2-7-15-39)32-48(35-51)40-16-8-3-9-17-40/h2-37,59H,38H2,1H3. The van der Waals surface area contributed by atoms with Crippen LogP contribution in [0.15, 0.2) is 218 Å². The number of benzene rings is 10. The third-order valence-corrected chi connectivity index (χ3v) is 11.5. The molecule has 0 aliphatic carbocycles. The van der Waals surface area contributed by atoms with E-state index in [1.807, 2.05) is 12.1 Å². The number of hydrogen-bond acceptors (Lipinski definition) is 3. The second kappa shape index (κ2) is 16.5. The SMILES string of the molecule is COCOc1ccc2cc(-c3cc(-c4ccccc4)cc(-c4ccccc4)c3)ccc2c1-c1c(O)ccc2cc(-c3cc(-c4ccccc4)cc(-c4ccccc4)c3)ccc12. The van der Waals surface area contributed by atoms with Crippen molar-refractivity contribution in [3.63, 3.8) is 0 Å². The van der Waals surface area contributed by atoms with Gasteiger partial charge in [0.2, 0.25) is 0 Å². The minimum absolute atomic E-state index is 0.0717. The maximum atomic E-state index is 11.8. The summed E-state index contributed by atoms with van der Waals surface area (Å²) in [6, 6.07) is 76.7. The van der Waals surface area contributed by atoms with Crippen molar-refractivity contribution in [1.29, 1.82) is 0 Å². The molecule has 0 spiro atoms. The van der Waals surface area contributed by atoms with E-state index in [0.29, 0.717) is 11.3 Å². The lowest BCUT2D eigenvalue weighted by Gasteiger charge is -2.18. The molecule has 3 nitrogen and oxygen atoms in total. The minimum Gasteiger partial charge on any atom is -0.507 e. The summed E-state index contributed by atoms with van der Waals surface area (Å²) < 4.78 is 11.7. The predicted octanol–water partition coefficient (Wildman–Crippen LogP) is 15.4. The number of hydrogen-bond donors (Lipinski definition) is 1. The maximum absolute atomic E-state index is 11.8. The molecule has 3 heteroatoms. The van der Waals surface area contributed by atoms with Crippen molar-refractivity contribution < 1.29 is 14.6 Å². The summed E-state index contributed by atoms with van der Waals surface area (Å²) in [7, 11) is 1.62. The van der Waals surface area contributed by atoms with Crippen LogP contribution in [0.4, 0.5) is 0 Å². The third-order valence-electron chi connectivity index (χ3n) is 11.5. The molecular weight excluding hydrogens is 745 g/mol. The highest BCUT2D eigenvalue weighted by atomic mass is 16.7. The molecule has 0 unspecified atom stereocenters. The van der Waals surface area contributed by atoms with E-state index in [4.69, 9.17) is 9.47 Å². The van der Waals surface area contributed by atoms with Gasteiger partial charge in [0.15, 0.2) is 6.79 Å². The summed E-state index contributed by atoms with van der Waals surface area (Å²) in [6.45, 7) is 0.0717. The van der Waals surface area contributed by atoms with Crippen LogP contribution < -0.4 is 4.74 Å². The highest BCUT2D eigenvalue weighted by Crippen LogP contribution is 2.47. The molecule has 0 aliphatic heterocycles. The average Bonchev–Trinajstić information content (AvgIpc) is 3.34. The quantitative estimate of drug-likeness (QED) is 0.140. The van der Waals surface area contributed by atoms with Gasteiger partial charge in [-0.05, 0) is 149 Å². The van der Waals surface area contributed by atoms with Crippen LogP contribution in [0.2, 0.25) is 0 Å². The molecule has 0 aromatic heterocycles. The zero-order valence-electron chi connectivity index (χ0n) is 33.8. The topological polar surface area (TPSA) is 38.7 Å². The number of methoxy groups -OCH3 is 1. The van der Waals surface area contributed by atoms with E-state index in [2.05, 4.69) is 200 Å². The zero-order valence-corrected chi connectivity index (χ0v) is 33.8. The lowest BCUT2D eigenvalue weighted by molar-refractivity contribution is 0.0516. The maximum Gasteiger partial charge on any atom is 0.188 e. The van der Waals surface area contributed by atoms with Crippen LogP contribution in [-0.4, -0.2) is 19.0 Å². The lowest BCUT2D eigenvalue weighted by atomic mass is 9.88. The van der Waals surface area contributed by atoms with Crippen molar-refractivity contribution in [1.82, 2.24) is 0 Å². The molecule has 1 N–H and O–H groups in total. The van der Waals surface area contributed by atoms with Crippen molar-refractivity contribution in [3.05, 3.63) is 218 Å². The third kappa shape index (κ3) is 7.55. The number of rotatable bonds is 10. The Bertz CT molecular complexity index is 3040. The smallest absolute Gasteiger partial charge is 0.188 e. The van der Waals surface area contributed by atoms with Gasteiger partial charge in [-0.3, -0.25) is 0 Å². The van der Waals surface area contributed by atoms with Gasteiger partial charge < -0.3 is 14.6 Å². The molecule has 0 fully saturated rings. The Kier molecular flexibility index (Phi) is 10.2. The van der Waals surface area contributed by atoms with Gasteiger partial charge in [-0.2, -0.15) is 0 Å². The van der Waals surface area contributed by atoms with Gasteiger partial charge in [-0.25, -0.2) is 0 Å². The Morgan fingerprint density at radius 3 is 1.08 bits per heavy atom. The summed E-state index contributed by atoms with van der Waals surface area (Å²) in [6.07, 6.45) is 0. The average molecular weight is 787 g/mol. The summed E-state index contributed by atoms with van der Waals surface area (Å²) in [5.41, 5.74) is 15.2. The summed E-state index contributed by atoms with van der Waals surface area (Å²) in [5.74, 6) is 0.814. The predicted molar refractivity (Wildman–Crippen MR) is 254 cm³/mol. The summed E-state index contributed by atoms with van der Waals surface area (Å²) in [4.78, 5) is 0. The molecule has 0 radical (unpaired) electrons. The Hall–Kier alpha value is -7.72.